The fraction of sp³-hybridized carbons (Fsp3) is 0.111. The molecule has 4 nitrogen and oxygen atoms in total. The number of halogens is 1. The van der Waals surface area contributed by atoms with Crippen molar-refractivity contribution in [1.29, 1.82) is 0 Å². The number of oxime groups is 1. The average molecular weight is 196 g/mol. The molecule has 0 fully saturated rings. The van der Waals surface area contributed by atoms with Crippen LogP contribution in [0.5, 0.6) is 0 Å². The molecule has 74 valence electrons. The predicted octanol–water partition coefficient (Wildman–Crippen LogP) is 2.38. The van der Waals surface area contributed by atoms with Crippen LogP contribution in [-0.4, -0.2) is 12.3 Å². The summed E-state index contributed by atoms with van der Waals surface area (Å²) < 4.78 is 12.5. The number of hydrogen-bond donors (Lipinski definition) is 1. The van der Waals surface area contributed by atoms with Crippen molar-refractivity contribution in [3.63, 3.8) is 0 Å². The molecular weight excluding hydrogens is 187 g/mol. The van der Waals surface area contributed by atoms with Gasteiger partial charge in [0, 0.05) is 11.9 Å². The van der Waals surface area contributed by atoms with Gasteiger partial charge in [0.2, 0.25) is 0 Å². The van der Waals surface area contributed by atoms with Gasteiger partial charge >= 0.3 is 6.09 Å². The number of carbonyl (C=O) groups is 1. The Hall–Kier alpha value is -1.91. The second-order valence-corrected chi connectivity index (χ2v) is 2.37. The Morgan fingerprint density at radius 2 is 2.14 bits per heavy atom. The minimum Gasteiger partial charge on any atom is -0.298 e. The second-order valence-electron chi connectivity index (χ2n) is 2.37. The maximum absolute atomic E-state index is 12.5. The van der Waals surface area contributed by atoms with Gasteiger partial charge in [-0.15, -0.1) is 0 Å². The summed E-state index contributed by atoms with van der Waals surface area (Å²) in [6.07, 6.45) is 0.624. The number of rotatable bonds is 2. The number of nitrogens with zero attached hydrogens (tertiary/aromatic N) is 1. The van der Waals surface area contributed by atoms with Crippen molar-refractivity contribution in [2.45, 2.75) is 6.92 Å². The third kappa shape index (κ3) is 3.22. The monoisotopic (exact) mass is 196 g/mol. The van der Waals surface area contributed by atoms with Crippen LogP contribution in [0.3, 0.4) is 0 Å². The van der Waals surface area contributed by atoms with Gasteiger partial charge in [0.15, 0.2) is 0 Å². The number of amides is 1. The maximum atomic E-state index is 12.5. The van der Waals surface area contributed by atoms with E-state index in [9.17, 15) is 9.18 Å². The molecule has 0 bridgehead atoms. The number of nitrogens with one attached hydrogen (secondary N) is 1. The Kier molecular flexibility index (Phi) is 3.60. The van der Waals surface area contributed by atoms with Crippen LogP contribution in [0.25, 0.3) is 0 Å². The molecule has 0 unspecified atom stereocenters. The van der Waals surface area contributed by atoms with E-state index in [4.69, 9.17) is 0 Å². The van der Waals surface area contributed by atoms with Gasteiger partial charge in [0.05, 0.1) is 0 Å². The molecule has 0 spiro atoms. The summed E-state index contributed by atoms with van der Waals surface area (Å²) in [5, 5.41) is 5.64. The molecule has 0 aromatic heterocycles. The molecule has 1 N–H and O–H groups in total. The fourth-order valence-electron chi connectivity index (χ4n) is 0.774. The highest BCUT2D eigenvalue weighted by Gasteiger charge is 2.01. The number of carbonyl (C=O) groups excluding carboxylic acids is 1. The van der Waals surface area contributed by atoms with Crippen LogP contribution in [-0.2, 0) is 4.84 Å². The van der Waals surface area contributed by atoms with Gasteiger partial charge in [-0.25, -0.2) is 9.18 Å². The highest BCUT2D eigenvalue weighted by molar-refractivity contribution is 5.84. The largest absolute Gasteiger partial charge is 0.437 e. The molecule has 0 saturated heterocycles. The summed E-state index contributed by atoms with van der Waals surface area (Å²) in [4.78, 5) is 15.3. The van der Waals surface area contributed by atoms with Gasteiger partial charge in [0.25, 0.3) is 0 Å². The molecular formula is C9H9FN2O2. The van der Waals surface area contributed by atoms with E-state index in [-0.39, 0.29) is 5.82 Å². The summed E-state index contributed by atoms with van der Waals surface area (Å²) in [6.45, 7) is 1.62. The molecule has 14 heavy (non-hydrogen) atoms. The first-order valence-electron chi connectivity index (χ1n) is 3.94. The van der Waals surface area contributed by atoms with E-state index < -0.39 is 6.09 Å². The molecule has 1 aromatic rings. The lowest BCUT2D eigenvalue weighted by Crippen LogP contribution is -2.10. The first-order chi connectivity index (χ1) is 6.72. The van der Waals surface area contributed by atoms with Crippen LogP contribution in [0, 0.1) is 5.82 Å². The summed E-state index contributed by atoms with van der Waals surface area (Å²) in [6, 6.07) is 5.32. The molecule has 0 atom stereocenters. The van der Waals surface area contributed by atoms with E-state index in [2.05, 4.69) is 15.3 Å². The zero-order chi connectivity index (χ0) is 10.4. The normalized spacial score (nSPS) is 10.1. The van der Waals surface area contributed by atoms with E-state index >= 15 is 0 Å². The highest BCUT2D eigenvalue weighted by Crippen LogP contribution is 2.08. The van der Waals surface area contributed by atoms with Crippen LogP contribution in [0.15, 0.2) is 29.4 Å². The molecule has 1 rings (SSSR count). The molecule has 0 heterocycles. The zero-order valence-corrected chi connectivity index (χ0v) is 7.53. The first kappa shape index (κ1) is 10.2. The van der Waals surface area contributed by atoms with E-state index in [1.165, 1.54) is 30.5 Å². The lowest BCUT2D eigenvalue weighted by Gasteiger charge is -2.01. The quantitative estimate of drug-likeness (QED) is 0.448. The summed E-state index contributed by atoms with van der Waals surface area (Å²) in [5.41, 5.74) is 0.447. The maximum Gasteiger partial charge on any atom is 0.437 e. The van der Waals surface area contributed by atoms with E-state index in [1.807, 2.05) is 0 Å². The Labute approximate surface area is 80.4 Å². The van der Waals surface area contributed by atoms with Gasteiger partial charge in [0.1, 0.15) is 5.82 Å². The van der Waals surface area contributed by atoms with Crippen molar-refractivity contribution in [2.24, 2.45) is 5.16 Å². The molecule has 1 amide bonds. The minimum absolute atomic E-state index is 0.365. The molecule has 0 aliphatic rings. The summed E-state index contributed by atoms with van der Waals surface area (Å²) in [5.74, 6) is -0.365. The third-order valence-electron chi connectivity index (χ3n) is 1.33. The molecule has 0 aliphatic heterocycles. The third-order valence-corrected chi connectivity index (χ3v) is 1.33. The highest BCUT2D eigenvalue weighted by atomic mass is 19.1. The van der Waals surface area contributed by atoms with E-state index in [0.717, 1.165) is 0 Å². The Morgan fingerprint density at radius 3 is 2.71 bits per heavy atom. The number of hydrogen-bond acceptors (Lipinski definition) is 3. The van der Waals surface area contributed by atoms with Crippen LogP contribution in [0.4, 0.5) is 14.9 Å². The Morgan fingerprint density at radius 1 is 1.50 bits per heavy atom. The Balaban J connectivity index is 2.52. The van der Waals surface area contributed by atoms with Gasteiger partial charge in [-0.3, -0.25) is 10.2 Å². The van der Waals surface area contributed by atoms with Gasteiger partial charge in [-0.2, -0.15) is 0 Å². The van der Waals surface area contributed by atoms with Crippen molar-refractivity contribution in [2.75, 3.05) is 5.32 Å². The van der Waals surface area contributed by atoms with Gasteiger partial charge in [-0.05, 0) is 31.2 Å². The van der Waals surface area contributed by atoms with Gasteiger partial charge < -0.3 is 0 Å². The fourth-order valence-corrected chi connectivity index (χ4v) is 0.774. The van der Waals surface area contributed by atoms with E-state index in [0.29, 0.717) is 5.69 Å². The predicted molar refractivity (Wildman–Crippen MR) is 50.7 cm³/mol. The van der Waals surface area contributed by atoms with Crippen molar-refractivity contribution < 1.29 is 14.0 Å². The molecule has 0 aliphatic carbocycles. The number of benzene rings is 1. The molecule has 1 aromatic carbocycles. The molecule has 0 saturated carbocycles. The lowest BCUT2D eigenvalue weighted by molar-refractivity contribution is 0.167. The SMILES string of the molecule is CC=NOC(=O)Nc1ccc(F)cc1. The molecule has 5 heteroatoms. The van der Waals surface area contributed by atoms with Crippen molar-refractivity contribution in [1.82, 2.24) is 0 Å². The van der Waals surface area contributed by atoms with Crippen LogP contribution in [0.1, 0.15) is 6.92 Å². The van der Waals surface area contributed by atoms with Gasteiger partial charge in [-0.1, -0.05) is 5.16 Å². The topological polar surface area (TPSA) is 50.7 Å². The van der Waals surface area contributed by atoms with Crippen LogP contribution >= 0.6 is 0 Å². The average Bonchev–Trinajstić information content (AvgIpc) is 2.18. The zero-order valence-electron chi connectivity index (χ0n) is 7.53. The Bertz CT molecular complexity index is 335. The smallest absolute Gasteiger partial charge is 0.298 e. The second kappa shape index (κ2) is 4.96. The summed E-state index contributed by atoms with van der Waals surface area (Å²) >= 11 is 0. The lowest BCUT2D eigenvalue weighted by atomic mass is 10.3. The number of anilines is 1. The first-order valence-corrected chi connectivity index (χ1v) is 3.94. The molecule has 0 radical (unpaired) electrons. The van der Waals surface area contributed by atoms with Crippen LogP contribution < -0.4 is 5.32 Å². The van der Waals surface area contributed by atoms with Crippen LogP contribution in [0.2, 0.25) is 0 Å². The van der Waals surface area contributed by atoms with E-state index in [1.54, 1.807) is 6.92 Å². The summed E-state index contributed by atoms with van der Waals surface area (Å²) in [7, 11) is 0. The van der Waals surface area contributed by atoms with Crippen molar-refractivity contribution in [3.8, 4) is 0 Å². The van der Waals surface area contributed by atoms with Crippen molar-refractivity contribution >= 4 is 18.0 Å². The standard InChI is InChI=1S/C9H9FN2O2/c1-2-11-14-9(13)12-8-5-3-7(10)4-6-8/h2-6H,1H3,(H,12,13). The van der Waals surface area contributed by atoms with Crippen molar-refractivity contribution in [3.05, 3.63) is 30.1 Å². The minimum atomic E-state index is -0.713.